The molecule has 2 N–H and O–H groups in total. The zero-order valence-corrected chi connectivity index (χ0v) is 11.7. The lowest BCUT2D eigenvalue weighted by molar-refractivity contribution is -0.144. The van der Waals surface area contributed by atoms with Crippen molar-refractivity contribution >= 4 is 5.97 Å². The van der Waals surface area contributed by atoms with Crippen LogP contribution >= 0.6 is 0 Å². The number of aliphatic hydroxyl groups is 1. The van der Waals surface area contributed by atoms with Crippen molar-refractivity contribution in [3.8, 4) is 5.75 Å². The average molecular weight is 292 g/mol. The summed E-state index contributed by atoms with van der Waals surface area (Å²) in [6.45, 7) is 1.39. The third-order valence-corrected chi connectivity index (χ3v) is 3.06. The van der Waals surface area contributed by atoms with Gasteiger partial charge in [-0.15, -0.1) is 5.10 Å². The van der Waals surface area contributed by atoms with Crippen molar-refractivity contribution < 1.29 is 19.7 Å². The van der Waals surface area contributed by atoms with E-state index in [2.05, 4.69) is 15.5 Å². The topological polar surface area (TPSA) is 110 Å². The molecule has 8 nitrogen and oxygen atoms in total. The molecular weight excluding hydrogens is 276 g/mol. The summed E-state index contributed by atoms with van der Waals surface area (Å²) in [5.41, 5.74) is 0.904. The molecule has 1 aromatic carbocycles. The highest BCUT2D eigenvalue weighted by molar-refractivity contribution is 5.72. The summed E-state index contributed by atoms with van der Waals surface area (Å²) in [6, 6.07) is 6.07. The molecule has 0 saturated carbocycles. The number of hydrogen-bond acceptors (Lipinski definition) is 6. The first kappa shape index (κ1) is 14.9. The third-order valence-electron chi connectivity index (χ3n) is 3.06. The van der Waals surface area contributed by atoms with Crippen molar-refractivity contribution in [3.05, 3.63) is 35.7 Å². The fraction of sp³-hybridized carbons (Fsp3) is 0.385. The number of ether oxygens (including phenoxy) is 1. The van der Waals surface area contributed by atoms with Crippen LogP contribution in [0.15, 0.2) is 24.3 Å². The lowest BCUT2D eigenvalue weighted by atomic mass is 10.1. The van der Waals surface area contributed by atoms with E-state index < -0.39 is 18.1 Å². The largest absolute Gasteiger partial charge is 0.497 e. The molecule has 2 unspecified atom stereocenters. The maximum atomic E-state index is 11.2. The second kappa shape index (κ2) is 6.31. The third kappa shape index (κ3) is 3.34. The molecule has 0 fully saturated rings. The molecule has 1 heterocycles. The number of carbonyl (C=O) groups is 1. The summed E-state index contributed by atoms with van der Waals surface area (Å²) < 4.78 is 6.21. The molecule has 0 aliphatic rings. The molecule has 1 aromatic heterocycles. The quantitative estimate of drug-likeness (QED) is 0.786. The van der Waals surface area contributed by atoms with Crippen LogP contribution in [0.25, 0.3) is 0 Å². The molecule has 0 saturated heterocycles. The zero-order chi connectivity index (χ0) is 15.4. The van der Waals surface area contributed by atoms with Crippen molar-refractivity contribution in [3.63, 3.8) is 0 Å². The number of aliphatic carboxylic acids is 1. The van der Waals surface area contributed by atoms with E-state index in [1.807, 2.05) is 12.1 Å². The Bertz CT molecular complexity index is 609. The van der Waals surface area contributed by atoms with E-state index in [-0.39, 0.29) is 0 Å². The fourth-order valence-corrected chi connectivity index (χ4v) is 1.99. The summed E-state index contributed by atoms with van der Waals surface area (Å²) in [7, 11) is 1.58. The fourth-order valence-electron chi connectivity index (χ4n) is 1.99. The Hall–Kier alpha value is -2.48. The van der Waals surface area contributed by atoms with Crippen LogP contribution in [0.3, 0.4) is 0 Å². The van der Waals surface area contributed by atoms with Crippen molar-refractivity contribution in [2.45, 2.75) is 25.5 Å². The maximum absolute atomic E-state index is 11.2. The van der Waals surface area contributed by atoms with E-state index in [0.717, 1.165) is 16.0 Å². The molecule has 112 valence electrons. The second-order valence-corrected chi connectivity index (χ2v) is 4.59. The summed E-state index contributed by atoms with van der Waals surface area (Å²) in [6.07, 6.45) is -0.756. The van der Waals surface area contributed by atoms with E-state index in [1.165, 1.54) is 6.92 Å². The van der Waals surface area contributed by atoms with Crippen molar-refractivity contribution in [2.24, 2.45) is 0 Å². The van der Waals surface area contributed by atoms with Gasteiger partial charge in [0.25, 0.3) is 0 Å². The van der Waals surface area contributed by atoms with Crippen LogP contribution in [-0.2, 0) is 11.2 Å². The van der Waals surface area contributed by atoms with Gasteiger partial charge in [0.2, 0.25) is 0 Å². The van der Waals surface area contributed by atoms with Gasteiger partial charge in [0, 0.05) is 6.42 Å². The van der Waals surface area contributed by atoms with Crippen LogP contribution in [0.2, 0.25) is 0 Å². The normalized spacial score (nSPS) is 13.7. The molecule has 8 heteroatoms. The predicted molar refractivity (Wildman–Crippen MR) is 72.0 cm³/mol. The van der Waals surface area contributed by atoms with E-state index in [4.69, 9.17) is 4.74 Å². The Labute approximate surface area is 121 Å². The van der Waals surface area contributed by atoms with Gasteiger partial charge in [-0.25, -0.2) is 9.48 Å². The minimum Gasteiger partial charge on any atom is -0.497 e. The number of aromatic nitrogens is 4. The first-order chi connectivity index (χ1) is 10.0. The molecule has 0 aliphatic carbocycles. The van der Waals surface area contributed by atoms with Crippen LogP contribution < -0.4 is 4.74 Å². The van der Waals surface area contributed by atoms with Crippen LogP contribution in [0.1, 0.15) is 24.4 Å². The van der Waals surface area contributed by atoms with Gasteiger partial charge in [-0.1, -0.05) is 12.1 Å². The smallest absolute Gasteiger partial charge is 0.331 e. The number of nitrogens with zero attached hydrogens (tertiary/aromatic N) is 4. The van der Waals surface area contributed by atoms with Gasteiger partial charge < -0.3 is 14.9 Å². The average Bonchev–Trinajstić information content (AvgIpc) is 2.87. The minimum absolute atomic E-state index is 0.355. The Balaban J connectivity index is 2.25. The standard InChI is InChI=1S/C13H16N4O4/c1-8(18)12(13(19)20)17-11(14-15-16-17)7-9-3-5-10(21-2)6-4-9/h3-6,8,12,18H,7H2,1-2H3,(H,19,20). The highest BCUT2D eigenvalue weighted by atomic mass is 16.5. The number of tetrazole rings is 1. The number of carboxylic acids is 1. The zero-order valence-electron chi connectivity index (χ0n) is 11.7. The Kier molecular flexibility index (Phi) is 4.49. The van der Waals surface area contributed by atoms with Gasteiger partial charge in [0.1, 0.15) is 5.75 Å². The molecule has 2 atom stereocenters. The molecular formula is C13H16N4O4. The van der Waals surface area contributed by atoms with Gasteiger partial charge in [-0.3, -0.25) is 0 Å². The summed E-state index contributed by atoms with van der Waals surface area (Å²) in [5, 5.41) is 29.8. The van der Waals surface area contributed by atoms with E-state index in [1.54, 1.807) is 19.2 Å². The molecule has 2 aromatic rings. The number of rotatable bonds is 6. The summed E-state index contributed by atoms with van der Waals surface area (Å²) in [5.74, 6) is -0.0903. The van der Waals surface area contributed by atoms with Crippen LogP contribution in [-0.4, -0.2) is 49.6 Å². The van der Waals surface area contributed by atoms with E-state index in [0.29, 0.717) is 12.2 Å². The molecule has 21 heavy (non-hydrogen) atoms. The molecule has 0 aliphatic heterocycles. The van der Waals surface area contributed by atoms with Crippen LogP contribution in [0.5, 0.6) is 5.75 Å². The minimum atomic E-state index is -1.21. The highest BCUT2D eigenvalue weighted by Gasteiger charge is 2.29. The lowest BCUT2D eigenvalue weighted by Gasteiger charge is -2.16. The number of benzene rings is 1. The molecule has 0 bridgehead atoms. The number of carboxylic acid groups (broad SMARTS) is 1. The van der Waals surface area contributed by atoms with Crippen molar-refractivity contribution in [1.29, 1.82) is 0 Å². The summed E-state index contributed by atoms with van der Waals surface area (Å²) >= 11 is 0. The van der Waals surface area contributed by atoms with Crippen LogP contribution in [0.4, 0.5) is 0 Å². The molecule has 0 amide bonds. The van der Waals surface area contributed by atoms with Gasteiger partial charge in [-0.05, 0) is 35.0 Å². The number of hydrogen-bond donors (Lipinski definition) is 2. The van der Waals surface area contributed by atoms with Crippen LogP contribution in [0, 0.1) is 0 Å². The van der Waals surface area contributed by atoms with E-state index >= 15 is 0 Å². The maximum Gasteiger partial charge on any atom is 0.331 e. The first-order valence-corrected chi connectivity index (χ1v) is 6.33. The predicted octanol–water partition coefficient (Wildman–Crippen LogP) is 0.279. The summed E-state index contributed by atoms with van der Waals surface area (Å²) in [4.78, 5) is 11.2. The molecule has 0 spiro atoms. The Morgan fingerprint density at radius 2 is 2.05 bits per heavy atom. The Morgan fingerprint density at radius 3 is 2.57 bits per heavy atom. The van der Waals surface area contributed by atoms with Gasteiger partial charge in [-0.2, -0.15) is 0 Å². The second-order valence-electron chi connectivity index (χ2n) is 4.59. The monoisotopic (exact) mass is 292 g/mol. The molecule has 2 rings (SSSR count). The van der Waals surface area contributed by atoms with Gasteiger partial charge >= 0.3 is 5.97 Å². The highest BCUT2D eigenvalue weighted by Crippen LogP contribution is 2.17. The van der Waals surface area contributed by atoms with Gasteiger partial charge in [0.05, 0.1) is 13.2 Å². The van der Waals surface area contributed by atoms with E-state index in [9.17, 15) is 15.0 Å². The Morgan fingerprint density at radius 1 is 1.38 bits per heavy atom. The molecule has 0 radical (unpaired) electrons. The first-order valence-electron chi connectivity index (χ1n) is 6.33. The van der Waals surface area contributed by atoms with Crippen molar-refractivity contribution in [1.82, 2.24) is 20.2 Å². The number of aliphatic hydroxyl groups excluding tert-OH is 1. The van der Waals surface area contributed by atoms with Gasteiger partial charge in [0.15, 0.2) is 11.9 Å². The lowest BCUT2D eigenvalue weighted by Crippen LogP contribution is -2.31. The van der Waals surface area contributed by atoms with Crippen molar-refractivity contribution in [2.75, 3.05) is 7.11 Å². The number of methoxy groups -OCH3 is 1. The SMILES string of the molecule is COc1ccc(Cc2nnnn2C(C(=O)O)C(C)O)cc1.